The molecule has 4 heteroatoms. The van der Waals surface area contributed by atoms with E-state index in [4.69, 9.17) is 5.73 Å². The maximum atomic E-state index is 5.67. The Labute approximate surface area is 57.7 Å². The van der Waals surface area contributed by atoms with Crippen molar-refractivity contribution in [1.82, 2.24) is 14.6 Å². The van der Waals surface area contributed by atoms with Gasteiger partial charge in [-0.3, -0.25) is 5.10 Å². The molecule has 0 radical (unpaired) electrons. The molecule has 0 amide bonds. The van der Waals surface area contributed by atoms with Gasteiger partial charge in [-0.2, -0.15) is 0 Å². The summed E-state index contributed by atoms with van der Waals surface area (Å²) in [6.07, 6.45) is 3.54. The number of aromatic nitrogens is 3. The smallest absolute Gasteiger partial charge is 0.176 e. The molecule has 3 N–H and O–H groups in total. The molecule has 0 spiro atoms. The summed E-state index contributed by atoms with van der Waals surface area (Å²) >= 11 is 0. The minimum Gasteiger partial charge on any atom is -0.394 e. The molecule has 0 fully saturated rings. The summed E-state index contributed by atoms with van der Waals surface area (Å²) in [5, 5.41) is 3.04. The third kappa shape index (κ3) is 0.478. The van der Waals surface area contributed by atoms with E-state index in [-0.39, 0.29) is 0 Å². The number of aryl methyl sites for hydroxylation is 1. The van der Waals surface area contributed by atoms with Gasteiger partial charge in [0.15, 0.2) is 5.65 Å². The molecule has 10 heavy (non-hydrogen) atoms. The number of hydrogen-bond acceptors (Lipinski definition) is 2. The van der Waals surface area contributed by atoms with Crippen LogP contribution in [0.25, 0.3) is 5.65 Å². The number of imidazole rings is 1. The fraction of sp³-hybridized carbons (Fsp3) is 0.167. The lowest BCUT2D eigenvalue weighted by Gasteiger charge is -1.82. The van der Waals surface area contributed by atoms with E-state index in [2.05, 4.69) is 10.1 Å². The molecule has 2 heterocycles. The van der Waals surface area contributed by atoms with Crippen molar-refractivity contribution in [2.24, 2.45) is 0 Å². The molecule has 0 unspecified atom stereocenters. The zero-order valence-electron chi connectivity index (χ0n) is 5.63. The highest BCUT2D eigenvalue weighted by atomic mass is 15.3. The van der Waals surface area contributed by atoms with Crippen LogP contribution in [0, 0.1) is 6.92 Å². The summed E-state index contributed by atoms with van der Waals surface area (Å²) in [7, 11) is 0. The number of nitrogens with two attached hydrogens (primary N) is 1. The molecular formula is C6H8N4. The Balaban J connectivity index is 2.95. The Hall–Kier alpha value is -1.45. The Morgan fingerprint density at radius 3 is 3.20 bits per heavy atom. The van der Waals surface area contributed by atoms with Gasteiger partial charge >= 0.3 is 0 Å². The average molecular weight is 136 g/mol. The van der Waals surface area contributed by atoms with Gasteiger partial charge in [0.05, 0.1) is 11.4 Å². The molecule has 0 bridgehead atoms. The number of H-pyrrole nitrogens is 1. The third-order valence-electron chi connectivity index (χ3n) is 1.57. The SMILES string of the molecule is Cc1[nH]n2ccnc2c1N. The van der Waals surface area contributed by atoms with Crippen molar-refractivity contribution >= 4 is 11.3 Å². The van der Waals surface area contributed by atoms with Crippen LogP contribution in [0.15, 0.2) is 12.4 Å². The number of nitrogens with zero attached hydrogens (tertiary/aromatic N) is 2. The van der Waals surface area contributed by atoms with Gasteiger partial charge in [0.25, 0.3) is 0 Å². The van der Waals surface area contributed by atoms with Crippen molar-refractivity contribution < 1.29 is 0 Å². The summed E-state index contributed by atoms with van der Waals surface area (Å²) in [6.45, 7) is 1.92. The second-order valence-corrected chi connectivity index (χ2v) is 2.27. The van der Waals surface area contributed by atoms with Crippen molar-refractivity contribution in [1.29, 1.82) is 0 Å². The van der Waals surface area contributed by atoms with Crippen molar-refractivity contribution in [2.75, 3.05) is 5.73 Å². The number of anilines is 1. The van der Waals surface area contributed by atoms with E-state index in [1.165, 1.54) is 0 Å². The van der Waals surface area contributed by atoms with Gasteiger partial charge in [-0.25, -0.2) is 9.50 Å². The molecule has 0 aliphatic rings. The molecule has 4 nitrogen and oxygen atoms in total. The second kappa shape index (κ2) is 1.53. The van der Waals surface area contributed by atoms with Crippen LogP contribution < -0.4 is 5.73 Å². The highest BCUT2D eigenvalue weighted by Gasteiger charge is 2.03. The largest absolute Gasteiger partial charge is 0.394 e. The van der Waals surface area contributed by atoms with Crippen molar-refractivity contribution in [3.63, 3.8) is 0 Å². The fourth-order valence-electron chi connectivity index (χ4n) is 1.00. The molecule has 0 saturated heterocycles. The minimum atomic E-state index is 0.727. The lowest BCUT2D eigenvalue weighted by Crippen LogP contribution is -1.84. The zero-order valence-corrected chi connectivity index (χ0v) is 5.63. The van der Waals surface area contributed by atoms with E-state index in [1.807, 2.05) is 13.1 Å². The van der Waals surface area contributed by atoms with E-state index >= 15 is 0 Å². The van der Waals surface area contributed by atoms with Crippen molar-refractivity contribution in [3.8, 4) is 0 Å². The third-order valence-corrected chi connectivity index (χ3v) is 1.57. The molecule has 0 atom stereocenters. The highest BCUT2D eigenvalue weighted by molar-refractivity contribution is 5.66. The predicted molar refractivity (Wildman–Crippen MR) is 38.7 cm³/mol. The summed E-state index contributed by atoms with van der Waals surface area (Å²) in [6, 6.07) is 0. The molecular weight excluding hydrogens is 128 g/mol. The maximum Gasteiger partial charge on any atom is 0.176 e. The summed E-state index contributed by atoms with van der Waals surface area (Å²) in [4.78, 5) is 4.05. The molecule has 0 aromatic carbocycles. The number of nitrogen functional groups attached to an aromatic ring is 1. The van der Waals surface area contributed by atoms with E-state index in [0.29, 0.717) is 0 Å². The number of nitrogens with one attached hydrogen (secondary N) is 1. The summed E-state index contributed by atoms with van der Waals surface area (Å²) in [5.41, 5.74) is 8.16. The first kappa shape index (κ1) is 5.34. The zero-order chi connectivity index (χ0) is 7.14. The number of aromatic amines is 1. The Bertz CT molecular complexity index is 357. The lowest BCUT2D eigenvalue weighted by atomic mass is 10.4. The van der Waals surface area contributed by atoms with Gasteiger partial charge in [0.2, 0.25) is 0 Å². The molecule has 52 valence electrons. The van der Waals surface area contributed by atoms with Gasteiger partial charge in [-0.15, -0.1) is 0 Å². The molecule has 2 aromatic heterocycles. The molecule has 2 rings (SSSR count). The Morgan fingerprint density at radius 2 is 2.50 bits per heavy atom. The molecule has 0 saturated carbocycles. The normalized spacial score (nSPS) is 10.9. The lowest BCUT2D eigenvalue weighted by molar-refractivity contribution is 0.945. The average Bonchev–Trinajstić information content (AvgIpc) is 2.41. The van der Waals surface area contributed by atoms with E-state index in [0.717, 1.165) is 17.0 Å². The molecule has 0 aliphatic carbocycles. The Kier molecular flexibility index (Phi) is 0.818. The van der Waals surface area contributed by atoms with Crippen LogP contribution in [0.5, 0.6) is 0 Å². The van der Waals surface area contributed by atoms with Gasteiger partial charge in [-0.1, -0.05) is 0 Å². The van der Waals surface area contributed by atoms with Crippen LogP contribution in [-0.4, -0.2) is 14.6 Å². The van der Waals surface area contributed by atoms with Crippen LogP contribution in [0.3, 0.4) is 0 Å². The van der Waals surface area contributed by atoms with Gasteiger partial charge in [0, 0.05) is 12.4 Å². The van der Waals surface area contributed by atoms with E-state index in [9.17, 15) is 0 Å². The van der Waals surface area contributed by atoms with Crippen LogP contribution in [0.2, 0.25) is 0 Å². The second-order valence-electron chi connectivity index (χ2n) is 2.27. The Morgan fingerprint density at radius 1 is 1.70 bits per heavy atom. The quantitative estimate of drug-likeness (QED) is 0.555. The van der Waals surface area contributed by atoms with Crippen LogP contribution in [0.4, 0.5) is 5.69 Å². The first-order valence-corrected chi connectivity index (χ1v) is 3.06. The molecule has 2 aromatic rings. The number of rotatable bonds is 0. The van der Waals surface area contributed by atoms with Crippen molar-refractivity contribution in [3.05, 3.63) is 18.1 Å². The molecule has 0 aliphatic heterocycles. The first-order valence-electron chi connectivity index (χ1n) is 3.06. The topological polar surface area (TPSA) is 59.1 Å². The van der Waals surface area contributed by atoms with Gasteiger partial charge < -0.3 is 5.73 Å². The van der Waals surface area contributed by atoms with Crippen molar-refractivity contribution in [2.45, 2.75) is 6.92 Å². The number of hydrogen-bond donors (Lipinski definition) is 2. The monoisotopic (exact) mass is 136 g/mol. The first-order chi connectivity index (χ1) is 4.79. The standard InChI is InChI=1S/C6H8N4/c1-4-5(7)6-8-2-3-10(6)9-4/h2-3,9H,7H2,1H3. The summed E-state index contributed by atoms with van der Waals surface area (Å²) in [5.74, 6) is 0. The predicted octanol–water partition coefficient (Wildman–Crippen LogP) is 0.553. The van der Waals surface area contributed by atoms with Crippen LogP contribution in [0.1, 0.15) is 5.69 Å². The highest BCUT2D eigenvalue weighted by Crippen LogP contribution is 2.13. The minimum absolute atomic E-state index is 0.727. The van der Waals surface area contributed by atoms with Gasteiger partial charge in [-0.05, 0) is 6.92 Å². The van der Waals surface area contributed by atoms with E-state index < -0.39 is 0 Å². The summed E-state index contributed by atoms with van der Waals surface area (Å²) < 4.78 is 1.80. The van der Waals surface area contributed by atoms with Crippen LogP contribution in [-0.2, 0) is 0 Å². The maximum absolute atomic E-state index is 5.67. The van der Waals surface area contributed by atoms with E-state index in [1.54, 1.807) is 10.7 Å². The fourth-order valence-corrected chi connectivity index (χ4v) is 1.00. The van der Waals surface area contributed by atoms with Crippen LogP contribution >= 0.6 is 0 Å². The number of fused-ring (bicyclic) bond motifs is 1. The van der Waals surface area contributed by atoms with Gasteiger partial charge in [0.1, 0.15) is 0 Å².